The lowest BCUT2D eigenvalue weighted by molar-refractivity contribution is -0.00481. The van der Waals surface area contributed by atoms with Crippen LogP contribution in [0, 0.1) is 0 Å². The maximum Gasteiger partial charge on any atom is 0.129 e. The van der Waals surface area contributed by atoms with Crippen molar-refractivity contribution in [3.05, 3.63) is 23.9 Å². The molecule has 1 aromatic rings. The van der Waals surface area contributed by atoms with E-state index in [0.29, 0.717) is 4.99 Å². The standard InChI is InChI=1S/C13H19N3OS/c1-13(17-2)5-3-7-16(9-13)11-8-10(12(14)18)4-6-15-11/h4,6,8H,3,5,7,9H2,1-2H3,(H2,14,18). The summed E-state index contributed by atoms with van der Waals surface area (Å²) in [5.74, 6) is 0.920. The largest absolute Gasteiger partial charge is 0.389 e. The molecule has 5 heteroatoms. The summed E-state index contributed by atoms with van der Waals surface area (Å²) in [6.45, 7) is 3.97. The minimum absolute atomic E-state index is 0.0981. The average molecular weight is 265 g/mol. The second kappa shape index (κ2) is 5.20. The number of nitrogens with zero attached hydrogens (tertiary/aromatic N) is 2. The third-order valence-electron chi connectivity index (χ3n) is 3.51. The molecule has 1 aliphatic rings. The van der Waals surface area contributed by atoms with E-state index in [2.05, 4.69) is 16.8 Å². The van der Waals surface area contributed by atoms with E-state index in [-0.39, 0.29) is 5.60 Å². The van der Waals surface area contributed by atoms with Gasteiger partial charge in [-0.15, -0.1) is 0 Å². The Morgan fingerprint density at radius 3 is 3.06 bits per heavy atom. The number of anilines is 1. The van der Waals surface area contributed by atoms with Crippen molar-refractivity contribution < 1.29 is 4.74 Å². The van der Waals surface area contributed by atoms with E-state index < -0.39 is 0 Å². The SMILES string of the molecule is COC1(C)CCCN(c2cc(C(N)=S)ccn2)C1. The Morgan fingerprint density at radius 2 is 2.39 bits per heavy atom. The molecular weight excluding hydrogens is 246 g/mol. The van der Waals surface area contributed by atoms with Crippen LogP contribution in [0.15, 0.2) is 18.3 Å². The number of pyridine rings is 1. The van der Waals surface area contributed by atoms with Crippen molar-refractivity contribution in [2.24, 2.45) is 5.73 Å². The number of aromatic nitrogens is 1. The predicted molar refractivity (Wildman–Crippen MR) is 77.0 cm³/mol. The van der Waals surface area contributed by atoms with Gasteiger partial charge >= 0.3 is 0 Å². The molecule has 1 atom stereocenters. The minimum Gasteiger partial charge on any atom is -0.389 e. The average Bonchev–Trinajstić information content (AvgIpc) is 2.39. The second-order valence-electron chi connectivity index (χ2n) is 4.95. The first-order chi connectivity index (χ1) is 8.54. The van der Waals surface area contributed by atoms with Crippen LogP contribution in [-0.4, -0.2) is 35.8 Å². The van der Waals surface area contributed by atoms with E-state index in [1.54, 1.807) is 13.3 Å². The van der Waals surface area contributed by atoms with Crippen molar-refractivity contribution in [1.29, 1.82) is 0 Å². The van der Waals surface area contributed by atoms with Gasteiger partial charge in [0.15, 0.2) is 0 Å². The number of ether oxygens (including phenoxy) is 1. The summed E-state index contributed by atoms with van der Waals surface area (Å²) >= 11 is 5.00. The highest BCUT2D eigenvalue weighted by molar-refractivity contribution is 7.80. The molecule has 2 heterocycles. The Balaban J connectivity index is 2.21. The lowest BCUT2D eigenvalue weighted by atomic mass is 9.95. The van der Waals surface area contributed by atoms with Crippen LogP contribution in [0.3, 0.4) is 0 Å². The maximum absolute atomic E-state index is 5.65. The monoisotopic (exact) mass is 265 g/mol. The number of hydrogen-bond donors (Lipinski definition) is 1. The van der Waals surface area contributed by atoms with E-state index >= 15 is 0 Å². The summed E-state index contributed by atoms with van der Waals surface area (Å²) in [5.41, 5.74) is 6.41. The lowest BCUT2D eigenvalue weighted by Gasteiger charge is -2.40. The Kier molecular flexibility index (Phi) is 3.82. The van der Waals surface area contributed by atoms with Gasteiger partial charge in [-0.05, 0) is 31.9 Å². The van der Waals surface area contributed by atoms with E-state index in [1.165, 1.54) is 0 Å². The van der Waals surface area contributed by atoms with Crippen LogP contribution in [-0.2, 0) is 4.74 Å². The minimum atomic E-state index is -0.0981. The van der Waals surface area contributed by atoms with Crippen molar-refractivity contribution >= 4 is 23.0 Å². The molecule has 2 N–H and O–H groups in total. The maximum atomic E-state index is 5.65. The fourth-order valence-corrected chi connectivity index (χ4v) is 2.44. The van der Waals surface area contributed by atoms with E-state index in [9.17, 15) is 0 Å². The highest BCUT2D eigenvalue weighted by atomic mass is 32.1. The number of nitrogens with two attached hydrogens (primary N) is 1. The van der Waals surface area contributed by atoms with Crippen molar-refractivity contribution in [3.63, 3.8) is 0 Å². The number of methoxy groups -OCH3 is 1. The molecule has 0 saturated carbocycles. The second-order valence-corrected chi connectivity index (χ2v) is 5.39. The lowest BCUT2D eigenvalue weighted by Crippen LogP contribution is -2.47. The van der Waals surface area contributed by atoms with E-state index in [1.807, 2.05) is 12.1 Å². The summed E-state index contributed by atoms with van der Waals surface area (Å²) in [6.07, 6.45) is 3.93. The van der Waals surface area contributed by atoms with Crippen LogP contribution < -0.4 is 10.6 Å². The summed E-state index contributed by atoms with van der Waals surface area (Å²) in [4.78, 5) is 7.04. The molecule has 1 fully saturated rings. The molecule has 1 aliphatic heterocycles. The Bertz CT molecular complexity index is 452. The van der Waals surface area contributed by atoms with Gasteiger partial charge in [0.25, 0.3) is 0 Å². The van der Waals surface area contributed by atoms with Crippen LogP contribution in [0.25, 0.3) is 0 Å². The van der Waals surface area contributed by atoms with Crippen LogP contribution >= 0.6 is 12.2 Å². The predicted octanol–water partition coefficient (Wildman–Crippen LogP) is 1.72. The van der Waals surface area contributed by atoms with Gasteiger partial charge in [0.2, 0.25) is 0 Å². The summed E-state index contributed by atoms with van der Waals surface area (Å²) in [5, 5.41) is 0. The smallest absolute Gasteiger partial charge is 0.129 e. The van der Waals surface area contributed by atoms with Crippen molar-refractivity contribution in [2.75, 3.05) is 25.1 Å². The summed E-state index contributed by atoms with van der Waals surface area (Å²) in [6, 6.07) is 3.79. The molecule has 1 saturated heterocycles. The fourth-order valence-electron chi connectivity index (χ4n) is 2.31. The normalized spacial score (nSPS) is 24.0. The first kappa shape index (κ1) is 13.2. The molecule has 0 aromatic carbocycles. The van der Waals surface area contributed by atoms with E-state index in [4.69, 9.17) is 22.7 Å². The Labute approximate surface area is 113 Å². The zero-order chi connectivity index (χ0) is 13.2. The van der Waals surface area contributed by atoms with Crippen molar-refractivity contribution in [3.8, 4) is 0 Å². The number of hydrogen-bond acceptors (Lipinski definition) is 4. The van der Waals surface area contributed by atoms with Gasteiger partial charge in [0.05, 0.1) is 5.60 Å². The van der Waals surface area contributed by atoms with Crippen LogP contribution in [0.2, 0.25) is 0 Å². The molecule has 4 nitrogen and oxygen atoms in total. The third kappa shape index (κ3) is 2.79. The van der Waals surface area contributed by atoms with Gasteiger partial charge < -0.3 is 15.4 Å². The van der Waals surface area contributed by atoms with E-state index in [0.717, 1.165) is 37.3 Å². The van der Waals surface area contributed by atoms with Gasteiger partial charge in [0.1, 0.15) is 10.8 Å². The zero-order valence-electron chi connectivity index (χ0n) is 10.8. The first-order valence-corrected chi connectivity index (χ1v) is 6.51. The summed E-state index contributed by atoms with van der Waals surface area (Å²) < 4.78 is 5.59. The van der Waals surface area contributed by atoms with Gasteiger partial charge in [-0.1, -0.05) is 12.2 Å². The highest BCUT2D eigenvalue weighted by Gasteiger charge is 2.31. The quantitative estimate of drug-likeness (QED) is 0.843. The van der Waals surface area contributed by atoms with Gasteiger partial charge in [-0.2, -0.15) is 0 Å². The third-order valence-corrected chi connectivity index (χ3v) is 3.74. The molecule has 0 aliphatic carbocycles. The fraction of sp³-hybridized carbons (Fsp3) is 0.538. The zero-order valence-corrected chi connectivity index (χ0v) is 11.7. The summed E-state index contributed by atoms with van der Waals surface area (Å²) in [7, 11) is 1.77. The molecule has 2 rings (SSSR count). The Hall–Kier alpha value is -1.20. The topological polar surface area (TPSA) is 51.4 Å². The molecule has 1 unspecified atom stereocenters. The van der Waals surface area contributed by atoms with Gasteiger partial charge in [-0.25, -0.2) is 4.98 Å². The highest BCUT2D eigenvalue weighted by Crippen LogP contribution is 2.27. The molecule has 18 heavy (non-hydrogen) atoms. The molecule has 1 aromatic heterocycles. The molecule has 0 amide bonds. The molecule has 0 radical (unpaired) electrons. The molecule has 0 spiro atoms. The number of piperidine rings is 1. The van der Waals surface area contributed by atoms with Crippen molar-refractivity contribution in [1.82, 2.24) is 4.98 Å². The molecule has 98 valence electrons. The van der Waals surface area contributed by atoms with Crippen LogP contribution in [0.5, 0.6) is 0 Å². The first-order valence-electron chi connectivity index (χ1n) is 6.10. The van der Waals surface area contributed by atoms with Crippen molar-refractivity contribution in [2.45, 2.75) is 25.4 Å². The van der Waals surface area contributed by atoms with Crippen LogP contribution in [0.4, 0.5) is 5.82 Å². The number of thiocarbonyl (C=S) groups is 1. The Morgan fingerprint density at radius 1 is 1.61 bits per heavy atom. The molecular formula is C13H19N3OS. The van der Waals surface area contributed by atoms with Gasteiger partial charge in [-0.3, -0.25) is 0 Å². The number of rotatable bonds is 3. The van der Waals surface area contributed by atoms with Gasteiger partial charge in [0, 0.05) is 32.0 Å². The van der Waals surface area contributed by atoms with Crippen LogP contribution in [0.1, 0.15) is 25.3 Å². The molecule has 0 bridgehead atoms.